The maximum atomic E-state index is 10.7. The number of aromatic nitrogens is 1. The highest BCUT2D eigenvalue weighted by atomic mass is 16.5. The number of aryl methyl sites for hydroxylation is 1. The van der Waals surface area contributed by atoms with E-state index in [0.717, 1.165) is 11.3 Å². The summed E-state index contributed by atoms with van der Waals surface area (Å²) in [5.74, 6) is -1.35. The average molecular weight is 225 g/mol. The van der Waals surface area contributed by atoms with E-state index in [2.05, 4.69) is 4.98 Å². The SMILES string of the molecule is CC(=O)OCC(C)c1cc(C(=O)O)[nH]c1C. The van der Waals surface area contributed by atoms with Crippen LogP contribution in [0.3, 0.4) is 0 Å². The van der Waals surface area contributed by atoms with Crippen molar-refractivity contribution >= 4 is 11.9 Å². The fourth-order valence-electron chi connectivity index (χ4n) is 1.53. The standard InChI is InChI=1S/C11H15NO4/c1-6(5-16-8(3)13)9-4-10(11(14)15)12-7(9)2/h4,6,12H,5H2,1-3H3,(H,14,15). The van der Waals surface area contributed by atoms with Gasteiger partial charge in [0, 0.05) is 18.5 Å². The summed E-state index contributed by atoms with van der Waals surface area (Å²) >= 11 is 0. The van der Waals surface area contributed by atoms with Crippen molar-refractivity contribution in [3.8, 4) is 0 Å². The van der Waals surface area contributed by atoms with Crippen molar-refractivity contribution in [2.45, 2.75) is 26.7 Å². The molecule has 1 aromatic heterocycles. The van der Waals surface area contributed by atoms with Gasteiger partial charge in [0.15, 0.2) is 0 Å². The van der Waals surface area contributed by atoms with Crippen molar-refractivity contribution < 1.29 is 19.4 Å². The molecule has 0 saturated carbocycles. The molecule has 5 nitrogen and oxygen atoms in total. The van der Waals surface area contributed by atoms with Gasteiger partial charge in [-0.05, 0) is 18.6 Å². The molecule has 1 heterocycles. The molecule has 0 radical (unpaired) electrons. The van der Waals surface area contributed by atoms with E-state index in [1.54, 1.807) is 13.0 Å². The van der Waals surface area contributed by atoms with E-state index in [0.29, 0.717) is 0 Å². The lowest BCUT2D eigenvalue weighted by Gasteiger charge is -2.10. The number of esters is 1. The molecule has 2 N–H and O–H groups in total. The van der Waals surface area contributed by atoms with Gasteiger partial charge in [0.2, 0.25) is 0 Å². The molecule has 0 aliphatic rings. The minimum Gasteiger partial charge on any atom is -0.477 e. The number of hydrogen-bond acceptors (Lipinski definition) is 3. The first-order valence-electron chi connectivity index (χ1n) is 4.98. The quantitative estimate of drug-likeness (QED) is 0.764. The number of hydrogen-bond donors (Lipinski definition) is 2. The molecule has 1 rings (SSSR count). The summed E-state index contributed by atoms with van der Waals surface area (Å²) in [6.07, 6.45) is 0. The van der Waals surface area contributed by atoms with Gasteiger partial charge in [-0.15, -0.1) is 0 Å². The lowest BCUT2D eigenvalue weighted by atomic mass is 10.0. The fourth-order valence-corrected chi connectivity index (χ4v) is 1.53. The van der Waals surface area contributed by atoms with Crippen molar-refractivity contribution in [1.29, 1.82) is 0 Å². The third-order valence-corrected chi connectivity index (χ3v) is 2.35. The number of carbonyl (C=O) groups is 2. The highest BCUT2D eigenvalue weighted by molar-refractivity contribution is 5.86. The van der Waals surface area contributed by atoms with E-state index in [-0.39, 0.29) is 24.2 Å². The van der Waals surface area contributed by atoms with Gasteiger partial charge in [0.05, 0.1) is 6.61 Å². The molecule has 0 aliphatic heterocycles. The first kappa shape index (κ1) is 12.3. The Morgan fingerprint density at radius 2 is 2.19 bits per heavy atom. The number of carboxylic acid groups (broad SMARTS) is 1. The molecular weight excluding hydrogens is 210 g/mol. The topological polar surface area (TPSA) is 79.4 Å². The minimum atomic E-state index is -0.992. The van der Waals surface area contributed by atoms with Gasteiger partial charge in [-0.1, -0.05) is 6.92 Å². The van der Waals surface area contributed by atoms with Gasteiger partial charge < -0.3 is 14.8 Å². The minimum absolute atomic E-state index is 0.0201. The van der Waals surface area contributed by atoms with Gasteiger partial charge in [-0.3, -0.25) is 4.79 Å². The first-order valence-corrected chi connectivity index (χ1v) is 4.98. The van der Waals surface area contributed by atoms with Gasteiger partial charge in [-0.2, -0.15) is 0 Å². The lowest BCUT2D eigenvalue weighted by molar-refractivity contribution is -0.141. The molecule has 0 spiro atoms. The summed E-state index contributed by atoms with van der Waals surface area (Å²) in [5.41, 5.74) is 1.80. The molecule has 1 atom stereocenters. The summed E-state index contributed by atoms with van der Waals surface area (Å²) in [6, 6.07) is 1.58. The van der Waals surface area contributed by atoms with Gasteiger partial charge >= 0.3 is 11.9 Å². The molecule has 88 valence electrons. The van der Waals surface area contributed by atoms with Crippen LogP contribution in [0.5, 0.6) is 0 Å². The van der Waals surface area contributed by atoms with Gasteiger partial charge in [-0.25, -0.2) is 4.79 Å². The summed E-state index contributed by atoms with van der Waals surface area (Å²) in [5, 5.41) is 8.81. The zero-order chi connectivity index (χ0) is 12.3. The van der Waals surface area contributed by atoms with E-state index in [4.69, 9.17) is 9.84 Å². The molecule has 0 bridgehead atoms. The zero-order valence-electron chi connectivity index (χ0n) is 9.53. The van der Waals surface area contributed by atoms with Crippen LogP contribution in [0, 0.1) is 6.92 Å². The summed E-state index contributed by atoms with van der Waals surface area (Å²) in [4.78, 5) is 24.2. The van der Waals surface area contributed by atoms with Crippen LogP contribution in [0.2, 0.25) is 0 Å². The summed E-state index contributed by atoms with van der Waals surface area (Å²) < 4.78 is 4.88. The van der Waals surface area contributed by atoms with Crippen LogP contribution in [-0.4, -0.2) is 28.6 Å². The largest absolute Gasteiger partial charge is 0.477 e. The monoisotopic (exact) mass is 225 g/mol. The van der Waals surface area contributed by atoms with Crippen molar-refractivity contribution in [3.63, 3.8) is 0 Å². The Balaban J connectivity index is 2.78. The number of H-pyrrole nitrogens is 1. The third kappa shape index (κ3) is 2.85. The number of carboxylic acids is 1. The van der Waals surface area contributed by atoms with E-state index >= 15 is 0 Å². The third-order valence-electron chi connectivity index (χ3n) is 2.35. The molecule has 0 aliphatic carbocycles. The highest BCUT2D eigenvalue weighted by Gasteiger charge is 2.15. The van der Waals surface area contributed by atoms with Crippen LogP contribution in [0.1, 0.15) is 41.5 Å². The molecule has 0 fully saturated rings. The Morgan fingerprint density at radius 1 is 1.56 bits per heavy atom. The van der Waals surface area contributed by atoms with Crippen molar-refractivity contribution in [2.75, 3.05) is 6.61 Å². The van der Waals surface area contributed by atoms with E-state index in [9.17, 15) is 9.59 Å². The molecule has 1 unspecified atom stereocenters. The number of aromatic carboxylic acids is 1. The molecular formula is C11H15NO4. The van der Waals surface area contributed by atoms with Gasteiger partial charge in [0.1, 0.15) is 5.69 Å². The number of rotatable bonds is 4. The van der Waals surface area contributed by atoms with Crippen molar-refractivity contribution in [2.24, 2.45) is 0 Å². The Bertz CT molecular complexity index is 408. The van der Waals surface area contributed by atoms with Crippen molar-refractivity contribution in [1.82, 2.24) is 4.98 Å². The molecule has 1 aromatic rings. The Morgan fingerprint density at radius 3 is 2.62 bits per heavy atom. The Hall–Kier alpha value is -1.78. The number of carbonyl (C=O) groups excluding carboxylic acids is 1. The highest BCUT2D eigenvalue weighted by Crippen LogP contribution is 2.21. The summed E-state index contributed by atoms with van der Waals surface area (Å²) in [6.45, 7) is 5.28. The normalized spacial score (nSPS) is 12.2. The predicted octanol–water partition coefficient (Wildman–Crippen LogP) is 1.69. The molecule has 0 amide bonds. The fraction of sp³-hybridized carbons (Fsp3) is 0.455. The average Bonchev–Trinajstić information content (AvgIpc) is 2.57. The molecule has 0 aromatic carbocycles. The Labute approximate surface area is 93.4 Å². The molecule has 5 heteroatoms. The van der Waals surface area contributed by atoms with Crippen LogP contribution in [0.4, 0.5) is 0 Å². The van der Waals surface area contributed by atoms with Crippen LogP contribution in [0.15, 0.2) is 6.07 Å². The molecule has 16 heavy (non-hydrogen) atoms. The second-order valence-electron chi connectivity index (χ2n) is 3.77. The van der Waals surface area contributed by atoms with Crippen molar-refractivity contribution in [3.05, 3.63) is 23.0 Å². The van der Waals surface area contributed by atoms with E-state index < -0.39 is 5.97 Å². The van der Waals surface area contributed by atoms with Crippen LogP contribution in [0.25, 0.3) is 0 Å². The second-order valence-corrected chi connectivity index (χ2v) is 3.77. The van der Waals surface area contributed by atoms with Crippen LogP contribution < -0.4 is 0 Å². The number of ether oxygens (including phenoxy) is 1. The number of aromatic amines is 1. The maximum Gasteiger partial charge on any atom is 0.352 e. The first-order chi connectivity index (χ1) is 7.41. The van der Waals surface area contributed by atoms with E-state index in [1.165, 1.54) is 6.92 Å². The van der Waals surface area contributed by atoms with Crippen LogP contribution in [-0.2, 0) is 9.53 Å². The Kier molecular flexibility index (Phi) is 3.71. The zero-order valence-corrected chi connectivity index (χ0v) is 9.53. The number of nitrogens with one attached hydrogen (secondary N) is 1. The van der Waals surface area contributed by atoms with Gasteiger partial charge in [0.25, 0.3) is 0 Å². The van der Waals surface area contributed by atoms with Crippen LogP contribution >= 0.6 is 0 Å². The smallest absolute Gasteiger partial charge is 0.352 e. The summed E-state index contributed by atoms with van der Waals surface area (Å²) in [7, 11) is 0. The molecule has 0 saturated heterocycles. The predicted molar refractivity (Wildman–Crippen MR) is 57.5 cm³/mol. The lowest BCUT2D eigenvalue weighted by Crippen LogP contribution is -2.08. The maximum absolute atomic E-state index is 10.7. The second kappa shape index (κ2) is 4.83. The van der Waals surface area contributed by atoms with E-state index in [1.807, 2.05) is 6.92 Å².